The fourth-order valence-corrected chi connectivity index (χ4v) is 2.97. The van der Waals surface area contributed by atoms with Crippen molar-refractivity contribution in [3.8, 4) is 23.1 Å². The van der Waals surface area contributed by atoms with Gasteiger partial charge in [0.2, 0.25) is 11.7 Å². The maximum atomic E-state index is 11.6. The van der Waals surface area contributed by atoms with Gasteiger partial charge in [0.25, 0.3) is 0 Å². The van der Waals surface area contributed by atoms with Gasteiger partial charge in [-0.05, 0) is 42.8 Å². The van der Waals surface area contributed by atoms with E-state index in [9.17, 15) is 4.79 Å². The van der Waals surface area contributed by atoms with Crippen LogP contribution in [0, 0.1) is 6.92 Å². The summed E-state index contributed by atoms with van der Waals surface area (Å²) in [7, 11) is 0. The molecular formula is C20H13N5O3. The van der Waals surface area contributed by atoms with Crippen molar-refractivity contribution in [3.05, 3.63) is 76.8 Å². The molecule has 8 heteroatoms. The van der Waals surface area contributed by atoms with Gasteiger partial charge in [-0.1, -0.05) is 6.07 Å². The summed E-state index contributed by atoms with van der Waals surface area (Å²) < 4.78 is 12.7. The zero-order valence-corrected chi connectivity index (χ0v) is 14.7. The van der Waals surface area contributed by atoms with Crippen molar-refractivity contribution < 1.29 is 9.15 Å². The fraction of sp³-hybridized carbons (Fsp3) is 0.0500. The first-order chi connectivity index (χ1) is 13.7. The van der Waals surface area contributed by atoms with Gasteiger partial charge in [-0.2, -0.15) is 4.52 Å². The average Bonchev–Trinajstić information content (AvgIpc) is 3.11. The molecule has 4 aromatic heterocycles. The molecule has 0 atom stereocenters. The van der Waals surface area contributed by atoms with Gasteiger partial charge in [-0.3, -0.25) is 4.98 Å². The number of nitrogens with zero attached hydrogens (tertiary/aromatic N) is 5. The second kappa shape index (κ2) is 6.27. The van der Waals surface area contributed by atoms with Gasteiger partial charge < -0.3 is 9.15 Å². The molecule has 0 unspecified atom stereocenters. The highest BCUT2D eigenvalue weighted by Crippen LogP contribution is 2.26. The second-order valence-corrected chi connectivity index (χ2v) is 6.19. The van der Waals surface area contributed by atoms with E-state index in [1.54, 1.807) is 35.0 Å². The topological polar surface area (TPSA) is 95.4 Å². The summed E-state index contributed by atoms with van der Waals surface area (Å²) in [6.45, 7) is 1.86. The predicted octanol–water partition coefficient (Wildman–Crippen LogP) is 3.39. The molecule has 5 aromatic rings. The Hall–Kier alpha value is -4.07. The number of hydrogen-bond donors (Lipinski definition) is 0. The Kier molecular flexibility index (Phi) is 3.61. The number of hydrogen-bond acceptors (Lipinski definition) is 7. The number of aromatic nitrogens is 5. The largest absolute Gasteiger partial charge is 0.437 e. The molecule has 4 heterocycles. The van der Waals surface area contributed by atoms with Crippen LogP contribution in [0.15, 0.2) is 70.0 Å². The third kappa shape index (κ3) is 2.77. The lowest BCUT2D eigenvalue weighted by molar-refractivity contribution is 0.451. The van der Waals surface area contributed by atoms with E-state index in [-0.39, 0.29) is 0 Å². The lowest BCUT2D eigenvalue weighted by Gasteiger charge is -2.07. The minimum atomic E-state index is -0.397. The highest BCUT2D eigenvalue weighted by atomic mass is 16.5. The summed E-state index contributed by atoms with van der Waals surface area (Å²) >= 11 is 0. The van der Waals surface area contributed by atoms with Crippen LogP contribution in [0.2, 0.25) is 0 Å². The molecule has 0 bridgehead atoms. The van der Waals surface area contributed by atoms with E-state index in [0.29, 0.717) is 34.4 Å². The van der Waals surface area contributed by atoms with Gasteiger partial charge in [0.15, 0.2) is 5.65 Å². The molecule has 136 valence electrons. The molecule has 0 radical (unpaired) electrons. The van der Waals surface area contributed by atoms with E-state index in [1.165, 1.54) is 6.07 Å². The normalized spacial score (nSPS) is 11.2. The molecule has 0 saturated heterocycles. The first-order valence-corrected chi connectivity index (χ1v) is 8.54. The molecule has 1 aromatic carbocycles. The lowest BCUT2D eigenvalue weighted by Crippen LogP contribution is -1.99. The molecule has 0 aliphatic heterocycles. The smallest absolute Gasteiger partial charge is 0.336 e. The highest BCUT2D eigenvalue weighted by molar-refractivity contribution is 5.81. The summed E-state index contributed by atoms with van der Waals surface area (Å²) in [4.78, 5) is 15.9. The van der Waals surface area contributed by atoms with Gasteiger partial charge in [0.05, 0.1) is 0 Å². The number of aryl methyl sites for hydroxylation is 1. The Morgan fingerprint density at radius 1 is 1.04 bits per heavy atom. The summed E-state index contributed by atoms with van der Waals surface area (Å²) in [5.41, 5.74) is 2.14. The fourth-order valence-electron chi connectivity index (χ4n) is 2.97. The monoisotopic (exact) mass is 371 g/mol. The molecule has 0 amide bonds. The molecule has 0 fully saturated rings. The van der Waals surface area contributed by atoms with Crippen LogP contribution in [0.4, 0.5) is 0 Å². The Bertz CT molecular complexity index is 1380. The van der Waals surface area contributed by atoms with Crippen LogP contribution < -0.4 is 10.4 Å². The van der Waals surface area contributed by atoms with Gasteiger partial charge in [-0.25, -0.2) is 4.79 Å². The number of benzene rings is 1. The molecule has 0 spiro atoms. The van der Waals surface area contributed by atoms with Crippen LogP contribution in [0.1, 0.15) is 5.56 Å². The Morgan fingerprint density at radius 3 is 2.82 bits per heavy atom. The van der Waals surface area contributed by atoms with Gasteiger partial charge in [-0.15, -0.1) is 15.3 Å². The van der Waals surface area contributed by atoms with E-state index in [2.05, 4.69) is 20.3 Å². The van der Waals surface area contributed by atoms with Crippen molar-refractivity contribution in [2.75, 3.05) is 0 Å². The van der Waals surface area contributed by atoms with E-state index in [1.807, 2.05) is 31.2 Å². The molecule has 0 N–H and O–H groups in total. The quantitative estimate of drug-likeness (QED) is 0.449. The van der Waals surface area contributed by atoms with E-state index >= 15 is 0 Å². The van der Waals surface area contributed by atoms with Crippen molar-refractivity contribution in [2.24, 2.45) is 0 Å². The number of ether oxygens (including phenoxy) is 1. The minimum absolute atomic E-state index is 0.346. The van der Waals surface area contributed by atoms with Crippen molar-refractivity contribution >= 4 is 16.6 Å². The zero-order valence-electron chi connectivity index (χ0n) is 14.7. The summed E-state index contributed by atoms with van der Waals surface area (Å²) in [5.74, 6) is 1.36. The highest BCUT2D eigenvalue weighted by Gasteiger charge is 2.12. The van der Waals surface area contributed by atoms with E-state index in [4.69, 9.17) is 9.15 Å². The number of fused-ring (bicyclic) bond motifs is 2. The molecule has 28 heavy (non-hydrogen) atoms. The van der Waals surface area contributed by atoms with Crippen LogP contribution in [0.25, 0.3) is 28.1 Å². The van der Waals surface area contributed by atoms with Crippen molar-refractivity contribution in [1.29, 1.82) is 0 Å². The molecule has 0 aliphatic carbocycles. The lowest BCUT2D eigenvalue weighted by atomic mass is 10.1. The van der Waals surface area contributed by atoms with E-state index < -0.39 is 5.63 Å². The van der Waals surface area contributed by atoms with Gasteiger partial charge in [0.1, 0.15) is 17.0 Å². The Labute approximate surface area is 158 Å². The zero-order chi connectivity index (χ0) is 19.1. The standard InChI is InChI=1S/C20H13N5O3/c1-12-10-19(26)28-16-11-13(5-6-14(12)16)27-18-8-7-17-22-23-20(25(17)24-18)15-4-2-3-9-21-15/h2-11H,1H3. The van der Waals surface area contributed by atoms with Crippen molar-refractivity contribution in [2.45, 2.75) is 6.92 Å². The molecular weight excluding hydrogens is 358 g/mol. The summed E-state index contributed by atoms with van der Waals surface area (Å²) in [6.07, 6.45) is 1.68. The first kappa shape index (κ1) is 16.1. The molecule has 0 saturated carbocycles. The number of pyridine rings is 1. The first-order valence-electron chi connectivity index (χ1n) is 8.54. The minimum Gasteiger partial charge on any atom is -0.437 e. The average molecular weight is 371 g/mol. The summed E-state index contributed by atoms with van der Waals surface area (Å²) in [6, 6.07) is 15.8. The predicted molar refractivity (Wildman–Crippen MR) is 101 cm³/mol. The second-order valence-electron chi connectivity index (χ2n) is 6.19. The van der Waals surface area contributed by atoms with Crippen LogP contribution in [0.5, 0.6) is 11.6 Å². The third-order valence-corrected chi connectivity index (χ3v) is 4.28. The summed E-state index contributed by atoms with van der Waals surface area (Å²) in [5, 5.41) is 13.6. The third-order valence-electron chi connectivity index (χ3n) is 4.28. The van der Waals surface area contributed by atoms with Crippen LogP contribution >= 0.6 is 0 Å². The number of rotatable bonds is 3. The Balaban J connectivity index is 1.55. The van der Waals surface area contributed by atoms with Gasteiger partial charge >= 0.3 is 5.63 Å². The van der Waals surface area contributed by atoms with Crippen LogP contribution in [0.3, 0.4) is 0 Å². The van der Waals surface area contributed by atoms with Gasteiger partial charge in [0, 0.05) is 29.8 Å². The van der Waals surface area contributed by atoms with Crippen molar-refractivity contribution in [1.82, 2.24) is 24.8 Å². The molecule has 8 nitrogen and oxygen atoms in total. The molecule has 0 aliphatic rings. The molecule has 5 rings (SSSR count). The van der Waals surface area contributed by atoms with Crippen LogP contribution in [-0.4, -0.2) is 24.8 Å². The maximum absolute atomic E-state index is 11.6. The SMILES string of the molecule is Cc1cc(=O)oc2cc(Oc3ccc4nnc(-c5ccccn5)n4n3)ccc12. The van der Waals surface area contributed by atoms with E-state index in [0.717, 1.165) is 10.9 Å². The Morgan fingerprint density at radius 2 is 1.96 bits per heavy atom. The van der Waals surface area contributed by atoms with Crippen molar-refractivity contribution in [3.63, 3.8) is 0 Å². The maximum Gasteiger partial charge on any atom is 0.336 e. The van der Waals surface area contributed by atoms with Crippen LogP contribution in [-0.2, 0) is 0 Å².